The number of rotatable bonds is 3. The molecule has 0 spiro atoms. The molecule has 4 aromatic rings. The Bertz CT molecular complexity index is 1080. The maximum absolute atomic E-state index is 14.2. The first-order chi connectivity index (χ1) is 11.6. The molecule has 0 aliphatic carbocycles. The first-order valence-electron chi connectivity index (χ1n) is 7.25. The highest BCUT2D eigenvalue weighted by molar-refractivity contribution is 7.17. The van der Waals surface area contributed by atoms with Crippen LogP contribution in [0.25, 0.3) is 26.9 Å². The molecule has 0 aliphatic heterocycles. The molecule has 4 rings (SSSR count). The molecular formula is C17H12FN3OS2. The molecule has 0 N–H and O–H groups in total. The Labute approximate surface area is 145 Å². The van der Waals surface area contributed by atoms with Crippen molar-refractivity contribution >= 4 is 33.4 Å². The molecule has 7 heteroatoms. The number of halogens is 1. The highest BCUT2D eigenvalue weighted by Gasteiger charge is 2.23. The van der Waals surface area contributed by atoms with Crippen molar-refractivity contribution in [3.8, 4) is 22.0 Å². The Morgan fingerprint density at radius 3 is 2.79 bits per heavy atom. The highest BCUT2D eigenvalue weighted by Crippen LogP contribution is 2.37. The van der Waals surface area contributed by atoms with E-state index < -0.39 is 0 Å². The topological polar surface area (TPSA) is 47.3 Å². The van der Waals surface area contributed by atoms with Crippen LogP contribution in [-0.2, 0) is 0 Å². The molecule has 0 amide bonds. The van der Waals surface area contributed by atoms with Gasteiger partial charge in [0.25, 0.3) is 0 Å². The van der Waals surface area contributed by atoms with Gasteiger partial charge >= 0.3 is 0 Å². The molecule has 120 valence electrons. The summed E-state index contributed by atoms with van der Waals surface area (Å²) in [5.41, 5.74) is 2.42. The first-order valence-corrected chi connectivity index (χ1v) is 8.95. The summed E-state index contributed by atoms with van der Waals surface area (Å²) in [5, 5.41) is 2.62. The maximum atomic E-state index is 14.2. The number of aromatic nitrogens is 3. The predicted octanol–water partition coefficient (Wildman–Crippen LogP) is 4.84. The molecule has 0 atom stereocenters. The molecule has 0 unspecified atom stereocenters. The van der Waals surface area contributed by atoms with Gasteiger partial charge in [-0.3, -0.25) is 9.20 Å². The van der Waals surface area contributed by atoms with Crippen molar-refractivity contribution < 1.29 is 9.18 Å². The van der Waals surface area contributed by atoms with Gasteiger partial charge in [-0.1, -0.05) is 12.1 Å². The molecule has 0 saturated carbocycles. The summed E-state index contributed by atoms with van der Waals surface area (Å²) in [7, 11) is 0. The van der Waals surface area contributed by atoms with Gasteiger partial charge in [-0.25, -0.2) is 14.4 Å². The minimum atomic E-state index is -0.387. The number of ketones is 1. The number of fused-ring (bicyclic) bond motifs is 1. The first kappa shape index (κ1) is 15.2. The van der Waals surface area contributed by atoms with E-state index in [2.05, 4.69) is 9.97 Å². The van der Waals surface area contributed by atoms with Crippen molar-refractivity contribution in [1.82, 2.24) is 14.4 Å². The van der Waals surface area contributed by atoms with E-state index in [1.807, 2.05) is 22.9 Å². The van der Waals surface area contributed by atoms with Crippen molar-refractivity contribution in [2.24, 2.45) is 0 Å². The van der Waals surface area contributed by atoms with Gasteiger partial charge in [-0.05, 0) is 19.1 Å². The van der Waals surface area contributed by atoms with Crippen LogP contribution >= 0.6 is 22.7 Å². The molecule has 4 nitrogen and oxygen atoms in total. The lowest BCUT2D eigenvalue weighted by Gasteiger charge is -2.00. The van der Waals surface area contributed by atoms with Crippen LogP contribution in [0.1, 0.15) is 22.3 Å². The minimum absolute atomic E-state index is 0.124. The van der Waals surface area contributed by atoms with Crippen LogP contribution in [0.3, 0.4) is 0 Å². The summed E-state index contributed by atoms with van der Waals surface area (Å²) in [6.45, 7) is 3.39. The summed E-state index contributed by atoms with van der Waals surface area (Å²) in [4.78, 5) is 22.5. The van der Waals surface area contributed by atoms with Crippen molar-refractivity contribution in [2.45, 2.75) is 13.8 Å². The molecule has 0 aliphatic rings. The van der Waals surface area contributed by atoms with Gasteiger partial charge in [0.2, 0.25) is 0 Å². The Morgan fingerprint density at radius 2 is 2.04 bits per heavy atom. The molecule has 0 saturated heterocycles. The van der Waals surface area contributed by atoms with E-state index in [1.54, 1.807) is 18.2 Å². The van der Waals surface area contributed by atoms with Crippen LogP contribution in [-0.4, -0.2) is 20.2 Å². The molecule has 3 aromatic heterocycles. The molecule has 0 bridgehead atoms. The second kappa shape index (κ2) is 5.61. The molecule has 0 radical (unpaired) electrons. The molecule has 0 fully saturated rings. The van der Waals surface area contributed by atoms with E-state index in [-0.39, 0.29) is 11.6 Å². The predicted molar refractivity (Wildman–Crippen MR) is 94.3 cm³/mol. The Balaban J connectivity index is 1.98. The Hall–Kier alpha value is -2.38. The van der Waals surface area contributed by atoms with Gasteiger partial charge in [-0.15, -0.1) is 22.7 Å². The summed E-state index contributed by atoms with van der Waals surface area (Å²) in [5.74, 6) is -0.511. The third-order valence-corrected chi connectivity index (χ3v) is 5.63. The number of aryl methyl sites for hydroxylation is 1. The summed E-state index contributed by atoms with van der Waals surface area (Å²) < 4.78 is 16.1. The standard InChI is InChI=1S/C17H12FN3OS2/c1-9-14(21-7-8-23-17(21)19-9)16-20-13(15(24-16)10(2)22)11-5-3-4-6-12(11)18/h3-8H,1-2H3. The van der Waals surface area contributed by atoms with Gasteiger partial charge < -0.3 is 0 Å². The van der Waals surface area contributed by atoms with Gasteiger partial charge in [0, 0.05) is 24.1 Å². The maximum Gasteiger partial charge on any atom is 0.194 e. The number of hydrogen-bond acceptors (Lipinski definition) is 5. The second-order valence-electron chi connectivity index (χ2n) is 5.33. The molecule has 3 heterocycles. The number of thiazole rings is 2. The Kier molecular flexibility index (Phi) is 3.54. The number of benzene rings is 1. The molecular weight excluding hydrogens is 345 g/mol. The average molecular weight is 357 g/mol. The fourth-order valence-electron chi connectivity index (χ4n) is 2.65. The Morgan fingerprint density at radius 1 is 1.25 bits per heavy atom. The fourth-order valence-corrected chi connectivity index (χ4v) is 4.48. The van der Waals surface area contributed by atoms with Crippen LogP contribution in [0.5, 0.6) is 0 Å². The van der Waals surface area contributed by atoms with Crippen LogP contribution in [0, 0.1) is 12.7 Å². The lowest BCUT2D eigenvalue weighted by molar-refractivity contribution is 0.102. The fraction of sp³-hybridized carbons (Fsp3) is 0.118. The quantitative estimate of drug-likeness (QED) is 0.493. The van der Waals surface area contributed by atoms with E-state index >= 15 is 0 Å². The highest BCUT2D eigenvalue weighted by atomic mass is 32.1. The van der Waals surface area contributed by atoms with E-state index in [0.717, 1.165) is 16.3 Å². The summed E-state index contributed by atoms with van der Waals surface area (Å²) >= 11 is 2.81. The van der Waals surface area contributed by atoms with E-state index in [9.17, 15) is 9.18 Å². The van der Waals surface area contributed by atoms with Gasteiger partial charge in [0.05, 0.1) is 16.3 Å². The normalized spacial score (nSPS) is 11.3. The largest absolute Gasteiger partial charge is 0.294 e. The SMILES string of the molecule is CC(=O)c1sc(-c2c(C)nc3sccn23)nc1-c1ccccc1F. The lowest BCUT2D eigenvalue weighted by atomic mass is 10.1. The van der Waals surface area contributed by atoms with Crippen molar-refractivity contribution in [2.75, 3.05) is 0 Å². The van der Waals surface area contributed by atoms with Crippen molar-refractivity contribution in [1.29, 1.82) is 0 Å². The van der Waals surface area contributed by atoms with Crippen LogP contribution in [0.15, 0.2) is 35.8 Å². The zero-order chi connectivity index (χ0) is 16.8. The molecule has 24 heavy (non-hydrogen) atoms. The number of carbonyl (C=O) groups is 1. The van der Waals surface area contributed by atoms with E-state index in [0.29, 0.717) is 21.1 Å². The average Bonchev–Trinajstić information content (AvgIpc) is 3.21. The lowest BCUT2D eigenvalue weighted by Crippen LogP contribution is -1.93. The van der Waals surface area contributed by atoms with Crippen LogP contribution in [0.4, 0.5) is 4.39 Å². The van der Waals surface area contributed by atoms with Gasteiger partial charge in [0.1, 0.15) is 16.5 Å². The zero-order valence-electron chi connectivity index (χ0n) is 12.9. The van der Waals surface area contributed by atoms with E-state index in [1.165, 1.54) is 35.7 Å². The monoisotopic (exact) mass is 357 g/mol. The second-order valence-corrected chi connectivity index (χ2v) is 7.21. The summed E-state index contributed by atoms with van der Waals surface area (Å²) in [6.07, 6.45) is 1.92. The minimum Gasteiger partial charge on any atom is -0.294 e. The number of nitrogens with zero attached hydrogens (tertiary/aromatic N) is 3. The number of hydrogen-bond donors (Lipinski definition) is 0. The number of imidazole rings is 1. The number of carbonyl (C=O) groups excluding carboxylic acids is 1. The molecule has 1 aromatic carbocycles. The number of Topliss-reactive ketones (excluding diaryl/α,β-unsaturated/α-hetero) is 1. The van der Waals surface area contributed by atoms with Crippen molar-refractivity contribution in [3.63, 3.8) is 0 Å². The zero-order valence-corrected chi connectivity index (χ0v) is 14.5. The third kappa shape index (κ3) is 2.28. The van der Waals surface area contributed by atoms with E-state index in [4.69, 9.17) is 0 Å². The smallest absolute Gasteiger partial charge is 0.194 e. The van der Waals surface area contributed by atoms with Crippen molar-refractivity contribution in [3.05, 3.63) is 52.2 Å². The third-order valence-electron chi connectivity index (χ3n) is 3.71. The van der Waals surface area contributed by atoms with Crippen LogP contribution in [0.2, 0.25) is 0 Å². The van der Waals surface area contributed by atoms with Gasteiger partial charge in [0.15, 0.2) is 10.7 Å². The van der Waals surface area contributed by atoms with Gasteiger partial charge in [-0.2, -0.15) is 0 Å². The van der Waals surface area contributed by atoms with Crippen LogP contribution < -0.4 is 0 Å². The summed E-state index contributed by atoms with van der Waals surface area (Å²) in [6, 6.07) is 6.38.